The van der Waals surface area contributed by atoms with E-state index in [0.29, 0.717) is 5.56 Å². The highest BCUT2D eigenvalue weighted by Crippen LogP contribution is 2.41. The molecule has 4 nitrogen and oxygen atoms in total. The predicted octanol–water partition coefficient (Wildman–Crippen LogP) is 4.14. The molecule has 0 spiro atoms. The van der Waals surface area contributed by atoms with Gasteiger partial charge in [-0.3, -0.25) is 4.79 Å². The number of esters is 1. The van der Waals surface area contributed by atoms with E-state index in [2.05, 4.69) is 6.58 Å². The van der Waals surface area contributed by atoms with Crippen molar-refractivity contribution in [1.82, 2.24) is 0 Å². The van der Waals surface area contributed by atoms with Crippen LogP contribution in [0.2, 0.25) is 0 Å². The van der Waals surface area contributed by atoms with E-state index in [-0.39, 0.29) is 29.6 Å². The van der Waals surface area contributed by atoms with Crippen molar-refractivity contribution < 1.29 is 19.7 Å². The van der Waals surface area contributed by atoms with Crippen LogP contribution in [0.15, 0.2) is 24.8 Å². The predicted molar refractivity (Wildman–Crippen MR) is 96.2 cm³/mol. The zero-order chi connectivity index (χ0) is 18.7. The molecule has 0 aromatic heterocycles. The molecule has 1 rings (SSSR count). The van der Waals surface area contributed by atoms with E-state index in [1.807, 2.05) is 41.5 Å². The minimum absolute atomic E-state index is 0.127. The molecule has 1 aromatic carbocycles. The number of aliphatic hydroxyl groups is 1. The molecule has 0 radical (unpaired) electrons. The summed E-state index contributed by atoms with van der Waals surface area (Å²) in [6, 6.07) is 3.55. The van der Waals surface area contributed by atoms with Crippen molar-refractivity contribution in [2.75, 3.05) is 6.61 Å². The number of carbonyl (C=O) groups is 1. The normalized spacial score (nSPS) is 13.5. The number of hydrogen-bond acceptors (Lipinski definition) is 4. The van der Waals surface area contributed by atoms with Gasteiger partial charge in [0.05, 0.1) is 12.5 Å². The molecule has 0 heterocycles. The van der Waals surface area contributed by atoms with Crippen LogP contribution in [0.4, 0.5) is 0 Å². The van der Waals surface area contributed by atoms with E-state index >= 15 is 0 Å². The zero-order valence-corrected chi connectivity index (χ0v) is 15.6. The second-order valence-electron chi connectivity index (χ2n) is 8.16. The molecule has 2 N–H and O–H groups in total. The van der Waals surface area contributed by atoms with E-state index < -0.39 is 12.1 Å². The van der Waals surface area contributed by atoms with Gasteiger partial charge in [0, 0.05) is 0 Å². The summed E-state index contributed by atoms with van der Waals surface area (Å²) in [6.45, 7) is 15.6. The fraction of sp³-hybridized carbons (Fsp3) is 0.550. The Morgan fingerprint density at radius 1 is 1.17 bits per heavy atom. The Morgan fingerprint density at radius 2 is 1.62 bits per heavy atom. The molecule has 1 atom stereocenters. The van der Waals surface area contributed by atoms with Gasteiger partial charge in [-0.25, -0.2) is 0 Å². The minimum Gasteiger partial charge on any atom is -0.507 e. The van der Waals surface area contributed by atoms with Gasteiger partial charge in [-0.1, -0.05) is 54.2 Å². The maximum absolute atomic E-state index is 11.7. The number of hydrogen-bond donors (Lipinski definition) is 2. The van der Waals surface area contributed by atoms with Crippen LogP contribution < -0.4 is 0 Å². The summed E-state index contributed by atoms with van der Waals surface area (Å²) in [5.74, 6) is -0.231. The molecule has 0 aliphatic heterocycles. The van der Waals surface area contributed by atoms with Crippen LogP contribution in [0.1, 0.15) is 70.8 Å². The highest BCUT2D eigenvalue weighted by molar-refractivity contribution is 5.70. The highest BCUT2D eigenvalue weighted by Gasteiger charge is 2.28. The lowest BCUT2D eigenvalue weighted by molar-refractivity contribution is -0.144. The lowest BCUT2D eigenvalue weighted by Crippen LogP contribution is -2.19. The van der Waals surface area contributed by atoms with E-state index in [4.69, 9.17) is 4.74 Å². The maximum Gasteiger partial charge on any atom is 0.309 e. The highest BCUT2D eigenvalue weighted by atomic mass is 16.5. The van der Waals surface area contributed by atoms with Crippen molar-refractivity contribution >= 4 is 5.97 Å². The summed E-state index contributed by atoms with van der Waals surface area (Å²) in [4.78, 5) is 11.7. The fourth-order valence-electron chi connectivity index (χ4n) is 2.48. The molecule has 0 aliphatic carbocycles. The Bertz CT molecular complexity index is 568. The van der Waals surface area contributed by atoms with Crippen LogP contribution in [0.25, 0.3) is 0 Å². The Morgan fingerprint density at radius 3 is 2.00 bits per heavy atom. The van der Waals surface area contributed by atoms with Crippen molar-refractivity contribution in [1.29, 1.82) is 0 Å². The molecular weight excluding hydrogens is 304 g/mol. The molecule has 0 saturated heterocycles. The Balaban J connectivity index is 3.28. The van der Waals surface area contributed by atoms with Gasteiger partial charge in [0.25, 0.3) is 0 Å². The first-order valence-electron chi connectivity index (χ1n) is 8.20. The van der Waals surface area contributed by atoms with E-state index in [0.717, 1.165) is 11.1 Å². The third-order valence-electron chi connectivity index (χ3n) is 3.86. The lowest BCUT2D eigenvalue weighted by atomic mass is 9.78. The Hall–Kier alpha value is -1.81. The molecule has 134 valence electrons. The van der Waals surface area contributed by atoms with Gasteiger partial charge in [-0.2, -0.15) is 0 Å². The molecular formula is C20H30O4. The summed E-state index contributed by atoms with van der Waals surface area (Å²) < 4.78 is 4.94. The number of phenols is 1. The fourth-order valence-corrected chi connectivity index (χ4v) is 2.48. The number of carbonyl (C=O) groups excluding carboxylic acids is 1. The zero-order valence-electron chi connectivity index (χ0n) is 15.6. The smallest absolute Gasteiger partial charge is 0.309 e. The monoisotopic (exact) mass is 334 g/mol. The van der Waals surface area contributed by atoms with Crippen LogP contribution in [0, 0.1) is 0 Å². The number of ether oxygens (including phenoxy) is 1. The first-order chi connectivity index (χ1) is 10.9. The maximum atomic E-state index is 11.7. The second kappa shape index (κ2) is 7.39. The molecule has 24 heavy (non-hydrogen) atoms. The lowest BCUT2D eigenvalue weighted by Gasteiger charge is -2.29. The van der Waals surface area contributed by atoms with Gasteiger partial charge in [-0.05, 0) is 39.7 Å². The number of phenolic OH excluding ortho intramolecular Hbond substituents is 1. The molecule has 0 bridgehead atoms. The van der Waals surface area contributed by atoms with Crippen LogP contribution in [-0.4, -0.2) is 22.8 Å². The molecule has 1 aromatic rings. The van der Waals surface area contributed by atoms with Crippen molar-refractivity contribution in [3.63, 3.8) is 0 Å². The van der Waals surface area contributed by atoms with Gasteiger partial charge in [0.1, 0.15) is 12.4 Å². The number of rotatable bonds is 5. The molecule has 4 heteroatoms. The van der Waals surface area contributed by atoms with Gasteiger partial charge in [-0.15, -0.1) is 0 Å². The summed E-state index contributed by atoms with van der Waals surface area (Å²) in [7, 11) is 0. The topological polar surface area (TPSA) is 66.8 Å². The van der Waals surface area contributed by atoms with Gasteiger partial charge in [0.15, 0.2) is 0 Å². The SMILES string of the molecule is C=CCOC(=O)CC(O)c1cc(C(C)(C)C)c(O)c(C(C)(C)C)c1. The third kappa shape index (κ3) is 5.10. The number of aromatic hydroxyl groups is 1. The summed E-state index contributed by atoms with van der Waals surface area (Å²) in [5.41, 5.74) is 1.54. The van der Waals surface area contributed by atoms with Crippen molar-refractivity contribution in [3.8, 4) is 5.75 Å². The molecule has 0 amide bonds. The first-order valence-corrected chi connectivity index (χ1v) is 8.20. The molecule has 1 unspecified atom stereocenters. The Labute approximate surface area is 145 Å². The van der Waals surface area contributed by atoms with E-state index in [1.165, 1.54) is 6.08 Å². The van der Waals surface area contributed by atoms with E-state index in [9.17, 15) is 15.0 Å². The molecule has 0 fully saturated rings. The second-order valence-corrected chi connectivity index (χ2v) is 8.16. The van der Waals surface area contributed by atoms with Gasteiger partial charge < -0.3 is 14.9 Å². The minimum atomic E-state index is -0.981. The Kier molecular flexibility index (Phi) is 6.23. The molecule has 0 saturated carbocycles. The first kappa shape index (κ1) is 20.2. The average Bonchev–Trinajstić information content (AvgIpc) is 2.42. The van der Waals surface area contributed by atoms with Gasteiger partial charge >= 0.3 is 5.97 Å². The third-order valence-corrected chi connectivity index (χ3v) is 3.86. The van der Waals surface area contributed by atoms with Crippen molar-refractivity contribution in [3.05, 3.63) is 41.5 Å². The van der Waals surface area contributed by atoms with Crippen LogP contribution in [0.3, 0.4) is 0 Å². The summed E-state index contributed by atoms with van der Waals surface area (Å²) >= 11 is 0. The number of benzene rings is 1. The quantitative estimate of drug-likeness (QED) is 0.627. The largest absolute Gasteiger partial charge is 0.507 e. The standard InChI is InChI=1S/C20H30O4/c1-8-9-24-17(22)12-16(21)13-10-14(19(2,3)4)18(23)15(11-13)20(5,6)7/h8,10-11,16,21,23H,1,9,12H2,2-7H3. The van der Waals surface area contributed by atoms with Crippen LogP contribution in [-0.2, 0) is 20.4 Å². The number of aliphatic hydroxyl groups excluding tert-OH is 1. The van der Waals surface area contributed by atoms with Crippen LogP contribution >= 0.6 is 0 Å². The van der Waals surface area contributed by atoms with E-state index in [1.54, 1.807) is 12.1 Å². The summed E-state index contributed by atoms with van der Waals surface area (Å²) in [6.07, 6.45) is 0.372. The van der Waals surface area contributed by atoms with Crippen molar-refractivity contribution in [2.45, 2.75) is 64.9 Å². The molecule has 0 aliphatic rings. The van der Waals surface area contributed by atoms with Crippen LogP contribution in [0.5, 0.6) is 5.75 Å². The van der Waals surface area contributed by atoms with Gasteiger partial charge in [0.2, 0.25) is 0 Å². The summed E-state index contributed by atoms with van der Waals surface area (Å²) in [5, 5.41) is 21.1. The average molecular weight is 334 g/mol. The van der Waals surface area contributed by atoms with Crippen molar-refractivity contribution in [2.24, 2.45) is 0 Å².